The monoisotopic (exact) mass is 259 g/mol. The van der Waals surface area contributed by atoms with Gasteiger partial charge in [-0.25, -0.2) is 0 Å². The summed E-state index contributed by atoms with van der Waals surface area (Å²) in [5.74, 6) is -0.388. The summed E-state index contributed by atoms with van der Waals surface area (Å²) >= 11 is 0. The molecule has 0 saturated carbocycles. The van der Waals surface area contributed by atoms with Gasteiger partial charge in [-0.1, -0.05) is 6.92 Å². The van der Waals surface area contributed by atoms with Crippen LogP contribution in [0, 0.1) is 0 Å². The smallest absolute Gasteiger partial charge is 0.308 e. The number of aliphatic hydroxyl groups excluding tert-OH is 1. The lowest BCUT2D eigenvalue weighted by Gasteiger charge is -2.35. The van der Waals surface area contributed by atoms with E-state index in [1.807, 2.05) is 0 Å². The molecule has 6 nitrogen and oxygen atoms in total. The van der Waals surface area contributed by atoms with Crippen LogP contribution in [0.3, 0.4) is 0 Å². The number of carbonyl (C=O) groups excluding carboxylic acids is 2. The van der Waals surface area contributed by atoms with Crippen LogP contribution in [0.1, 0.15) is 32.6 Å². The first-order valence-corrected chi connectivity index (χ1v) is 6.23. The van der Waals surface area contributed by atoms with Gasteiger partial charge >= 0.3 is 5.97 Å². The van der Waals surface area contributed by atoms with Crippen molar-refractivity contribution in [2.45, 2.75) is 50.9 Å². The molecule has 1 aliphatic heterocycles. The number of amides is 1. The average Bonchev–Trinajstić information content (AvgIpc) is 2.39. The van der Waals surface area contributed by atoms with Gasteiger partial charge in [0.15, 0.2) is 0 Å². The fraction of sp³-hybridized carbons (Fsp3) is 0.833. The molecule has 0 unspecified atom stereocenters. The first-order chi connectivity index (χ1) is 8.60. The van der Waals surface area contributed by atoms with Crippen molar-refractivity contribution in [1.82, 2.24) is 5.32 Å². The first kappa shape index (κ1) is 14.9. The van der Waals surface area contributed by atoms with Gasteiger partial charge < -0.3 is 19.9 Å². The van der Waals surface area contributed by atoms with Crippen LogP contribution in [0.15, 0.2) is 0 Å². The van der Waals surface area contributed by atoms with E-state index >= 15 is 0 Å². The minimum atomic E-state index is -0.455. The molecule has 0 radical (unpaired) electrons. The second-order valence-electron chi connectivity index (χ2n) is 4.36. The van der Waals surface area contributed by atoms with Gasteiger partial charge in [0.25, 0.3) is 0 Å². The van der Waals surface area contributed by atoms with E-state index in [0.29, 0.717) is 19.3 Å². The molecule has 18 heavy (non-hydrogen) atoms. The number of esters is 1. The Kier molecular flexibility index (Phi) is 6.07. The molecule has 2 N–H and O–H groups in total. The summed E-state index contributed by atoms with van der Waals surface area (Å²) in [7, 11) is 1.33. The first-order valence-electron chi connectivity index (χ1n) is 6.23. The molecule has 1 heterocycles. The van der Waals surface area contributed by atoms with E-state index in [-0.39, 0.29) is 37.0 Å². The Morgan fingerprint density at radius 2 is 2.17 bits per heavy atom. The predicted octanol–water partition coefficient (Wildman–Crippen LogP) is -0.0158. The highest BCUT2D eigenvalue weighted by Crippen LogP contribution is 2.22. The van der Waals surface area contributed by atoms with Gasteiger partial charge in [-0.15, -0.1) is 0 Å². The number of nitrogens with one attached hydrogen (secondary N) is 1. The molecule has 0 aromatic carbocycles. The van der Waals surface area contributed by atoms with Crippen LogP contribution < -0.4 is 5.32 Å². The molecule has 0 aliphatic carbocycles. The van der Waals surface area contributed by atoms with Crippen LogP contribution in [0.2, 0.25) is 0 Å². The van der Waals surface area contributed by atoms with E-state index in [4.69, 9.17) is 4.74 Å². The van der Waals surface area contributed by atoms with Crippen LogP contribution >= 0.6 is 0 Å². The van der Waals surface area contributed by atoms with Crippen LogP contribution in [0.5, 0.6) is 0 Å². The Bertz CT molecular complexity index is 294. The average molecular weight is 259 g/mol. The normalized spacial score (nSPS) is 27.6. The molecule has 0 aromatic rings. The predicted molar refractivity (Wildman–Crippen MR) is 63.8 cm³/mol. The van der Waals surface area contributed by atoms with Gasteiger partial charge in [0.05, 0.1) is 32.3 Å². The fourth-order valence-electron chi connectivity index (χ4n) is 2.03. The van der Waals surface area contributed by atoms with E-state index in [2.05, 4.69) is 10.1 Å². The number of rotatable bonds is 5. The number of methoxy groups -OCH3 is 1. The zero-order valence-corrected chi connectivity index (χ0v) is 10.8. The van der Waals surface area contributed by atoms with Gasteiger partial charge in [-0.2, -0.15) is 0 Å². The van der Waals surface area contributed by atoms with Crippen molar-refractivity contribution < 1.29 is 24.2 Å². The Balaban J connectivity index is 2.48. The Hall–Kier alpha value is -1.14. The Labute approximate surface area is 107 Å². The second-order valence-corrected chi connectivity index (χ2v) is 4.36. The highest BCUT2D eigenvalue weighted by Gasteiger charge is 2.32. The summed E-state index contributed by atoms with van der Waals surface area (Å²) in [5, 5.41) is 12.1. The maximum absolute atomic E-state index is 11.3. The van der Waals surface area contributed by atoms with Crippen molar-refractivity contribution in [2.24, 2.45) is 0 Å². The number of aliphatic hydroxyl groups is 1. The molecule has 1 rings (SSSR count). The lowest BCUT2D eigenvalue weighted by atomic mass is 9.97. The summed E-state index contributed by atoms with van der Waals surface area (Å²) in [6.07, 6.45) is 1.24. The molecule has 1 fully saturated rings. The van der Waals surface area contributed by atoms with Gasteiger partial charge in [-0.3, -0.25) is 9.59 Å². The second kappa shape index (κ2) is 7.33. The van der Waals surface area contributed by atoms with Crippen molar-refractivity contribution in [3.05, 3.63) is 0 Å². The number of carbonyl (C=O) groups is 2. The van der Waals surface area contributed by atoms with E-state index in [0.717, 1.165) is 0 Å². The number of hydrogen-bond donors (Lipinski definition) is 2. The summed E-state index contributed by atoms with van der Waals surface area (Å²) in [5.41, 5.74) is 0. The SMILES string of the molecule is CCC(=O)N[C@@H]1CC[C@H](CC(=O)OC)O[C@@H]1CO. The molecule has 1 saturated heterocycles. The molecule has 104 valence electrons. The zero-order valence-electron chi connectivity index (χ0n) is 10.8. The third-order valence-corrected chi connectivity index (χ3v) is 3.09. The molecule has 6 heteroatoms. The molecular weight excluding hydrogens is 238 g/mol. The van der Waals surface area contributed by atoms with Crippen molar-refractivity contribution in [3.63, 3.8) is 0 Å². The van der Waals surface area contributed by atoms with E-state index in [9.17, 15) is 14.7 Å². The third kappa shape index (κ3) is 4.27. The van der Waals surface area contributed by atoms with Crippen molar-refractivity contribution in [1.29, 1.82) is 0 Å². The lowest BCUT2D eigenvalue weighted by Crippen LogP contribution is -2.51. The van der Waals surface area contributed by atoms with Crippen molar-refractivity contribution in [2.75, 3.05) is 13.7 Å². The number of hydrogen-bond acceptors (Lipinski definition) is 5. The van der Waals surface area contributed by atoms with Crippen molar-refractivity contribution >= 4 is 11.9 Å². The quantitative estimate of drug-likeness (QED) is 0.678. The highest BCUT2D eigenvalue weighted by atomic mass is 16.5. The van der Waals surface area contributed by atoms with Gasteiger partial charge in [-0.05, 0) is 12.8 Å². The molecule has 0 spiro atoms. The Morgan fingerprint density at radius 3 is 2.72 bits per heavy atom. The minimum absolute atomic E-state index is 0.0616. The largest absolute Gasteiger partial charge is 0.469 e. The minimum Gasteiger partial charge on any atom is -0.469 e. The number of ether oxygens (including phenoxy) is 2. The maximum Gasteiger partial charge on any atom is 0.308 e. The van der Waals surface area contributed by atoms with Crippen LogP contribution in [-0.2, 0) is 19.1 Å². The lowest BCUT2D eigenvalue weighted by molar-refractivity contribution is -0.150. The topological polar surface area (TPSA) is 84.9 Å². The summed E-state index contributed by atoms with van der Waals surface area (Å²) in [4.78, 5) is 22.5. The molecule has 0 bridgehead atoms. The van der Waals surface area contributed by atoms with Gasteiger partial charge in [0.2, 0.25) is 5.91 Å². The Morgan fingerprint density at radius 1 is 1.44 bits per heavy atom. The van der Waals surface area contributed by atoms with Crippen molar-refractivity contribution in [3.8, 4) is 0 Å². The van der Waals surface area contributed by atoms with E-state index in [1.54, 1.807) is 6.92 Å². The zero-order chi connectivity index (χ0) is 13.5. The molecular formula is C12H21NO5. The van der Waals surface area contributed by atoms with Crippen LogP contribution in [0.4, 0.5) is 0 Å². The van der Waals surface area contributed by atoms with Gasteiger partial charge in [0, 0.05) is 6.42 Å². The van der Waals surface area contributed by atoms with Crippen LogP contribution in [0.25, 0.3) is 0 Å². The van der Waals surface area contributed by atoms with E-state index < -0.39 is 6.10 Å². The molecule has 0 aromatic heterocycles. The molecule has 1 aliphatic rings. The van der Waals surface area contributed by atoms with Gasteiger partial charge in [0.1, 0.15) is 6.10 Å². The van der Waals surface area contributed by atoms with E-state index in [1.165, 1.54) is 7.11 Å². The summed E-state index contributed by atoms with van der Waals surface area (Å²) in [6, 6.07) is -0.184. The highest BCUT2D eigenvalue weighted by molar-refractivity contribution is 5.75. The summed E-state index contributed by atoms with van der Waals surface area (Å²) < 4.78 is 10.2. The fourth-order valence-corrected chi connectivity index (χ4v) is 2.03. The molecule has 1 amide bonds. The maximum atomic E-state index is 11.3. The third-order valence-electron chi connectivity index (χ3n) is 3.09. The molecule has 3 atom stereocenters. The van der Waals surface area contributed by atoms with Crippen LogP contribution in [-0.4, -0.2) is 48.9 Å². The standard InChI is InChI=1S/C12H21NO5/c1-3-11(15)13-9-5-4-8(6-12(16)17-2)18-10(9)7-14/h8-10,14H,3-7H2,1-2H3,(H,13,15)/t8-,9-,10-/m1/s1. The summed E-state index contributed by atoms with van der Waals surface area (Å²) in [6.45, 7) is 1.60.